The number of allylic oxidation sites excluding steroid dienone is 4. The Labute approximate surface area is 116 Å². The van der Waals surface area contributed by atoms with Gasteiger partial charge in [0, 0.05) is 12.3 Å². The Balaban J connectivity index is 4.78. The van der Waals surface area contributed by atoms with E-state index in [2.05, 4.69) is 5.92 Å². The fourth-order valence-electron chi connectivity index (χ4n) is 1.38. The van der Waals surface area contributed by atoms with Crippen molar-refractivity contribution in [2.24, 2.45) is 0 Å². The number of ether oxygens (including phenoxy) is 1. The molecule has 0 amide bonds. The van der Waals surface area contributed by atoms with E-state index in [9.17, 15) is 9.36 Å². The molecule has 0 bridgehead atoms. The molecule has 0 aromatic carbocycles. The van der Waals surface area contributed by atoms with Crippen LogP contribution in [0.2, 0.25) is 0 Å². The number of hydrogen-bond donors (Lipinski definition) is 0. The van der Waals surface area contributed by atoms with Crippen LogP contribution in [0.25, 0.3) is 0 Å². The number of carbonyl (C=O) groups excluding carboxylic acids is 1. The summed E-state index contributed by atoms with van der Waals surface area (Å²) in [6, 6.07) is 0. The SMILES string of the molecule is C#CC(C)(C)OC(=O)CP(=O)(C/C=C/C)C/C=C/C. The molecule has 0 rings (SSSR count). The zero-order valence-electron chi connectivity index (χ0n) is 12.2. The molecule has 0 aliphatic heterocycles. The van der Waals surface area contributed by atoms with E-state index in [1.165, 1.54) is 0 Å². The number of esters is 1. The third-order valence-corrected chi connectivity index (χ3v) is 5.07. The van der Waals surface area contributed by atoms with E-state index in [0.29, 0.717) is 12.3 Å². The third-order valence-electron chi connectivity index (χ3n) is 2.48. The van der Waals surface area contributed by atoms with Gasteiger partial charge < -0.3 is 9.30 Å². The number of hydrogen-bond acceptors (Lipinski definition) is 3. The quantitative estimate of drug-likeness (QED) is 0.311. The van der Waals surface area contributed by atoms with Gasteiger partial charge in [-0.3, -0.25) is 4.79 Å². The van der Waals surface area contributed by atoms with Crippen LogP contribution in [0.1, 0.15) is 27.7 Å². The Hall–Kier alpha value is -1.26. The summed E-state index contributed by atoms with van der Waals surface area (Å²) in [5, 5.41) is 0. The molecule has 0 N–H and O–H groups in total. The highest BCUT2D eigenvalue weighted by Crippen LogP contribution is 2.45. The monoisotopic (exact) mass is 282 g/mol. The maximum absolute atomic E-state index is 12.7. The van der Waals surface area contributed by atoms with Crippen LogP contribution in [-0.2, 0) is 14.1 Å². The second-order valence-corrected chi connectivity index (χ2v) is 8.01. The lowest BCUT2D eigenvalue weighted by Crippen LogP contribution is -2.28. The van der Waals surface area contributed by atoms with Crippen LogP contribution in [0.3, 0.4) is 0 Å². The van der Waals surface area contributed by atoms with E-state index >= 15 is 0 Å². The van der Waals surface area contributed by atoms with Crippen LogP contribution in [0.15, 0.2) is 24.3 Å². The Morgan fingerprint density at radius 3 is 2.11 bits per heavy atom. The molecule has 0 saturated heterocycles. The van der Waals surface area contributed by atoms with Gasteiger partial charge >= 0.3 is 5.97 Å². The number of rotatable bonds is 7. The van der Waals surface area contributed by atoms with Crippen LogP contribution in [-0.4, -0.2) is 30.1 Å². The Kier molecular flexibility index (Phi) is 7.49. The standard InChI is InChI=1S/C15H23O3P/c1-6-9-11-19(17,12-10-7-2)13-14(16)18-15(4,5)8-3/h3,6-7,9-10H,11-13H2,1-2,4-5H3/b9-6+,10-7+. The fourth-order valence-corrected chi connectivity index (χ4v) is 3.51. The second-order valence-electron chi connectivity index (χ2n) is 4.85. The van der Waals surface area contributed by atoms with Crippen molar-refractivity contribution in [2.75, 3.05) is 18.5 Å². The number of carbonyl (C=O) groups is 1. The predicted molar refractivity (Wildman–Crippen MR) is 80.8 cm³/mol. The first-order valence-electron chi connectivity index (χ1n) is 6.27. The first-order chi connectivity index (χ1) is 8.78. The van der Waals surface area contributed by atoms with Crippen LogP contribution >= 0.6 is 7.14 Å². The van der Waals surface area contributed by atoms with Gasteiger partial charge in [-0.05, 0) is 27.7 Å². The van der Waals surface area contributed by atoms with E-state index < -0.39 is 18.7 Å². The second kappa shape index (κ2) is 8.02. The minimum absolute atomic E-state index is 0.0766. The van der Waals surface area contributed by atoms with Crippen LogP contribution in [0, 0.1) is 12.3 Å². The van der Waals surface area contributed by atoms with Gasteiger partial charge in [-0.2, -0.15) is 0 Å². The lowest BCUT2D eigenvalue weighted by molar-refractivity contribution is -0.148. The molecule has 0 spiro atoms. The predicted octanol–water partition coefficient (Wildman–Crippen LogP) is 3.46. The Morgan fingerprint density at radius 1 is 1.26 bits per heavy atom. The molecule has 0 unspecified atom stereocenters. The molecule has 0 aliphatic rings. The zero-order chi connectivity index (χ0) is 14.9. The van der Waals surface area contributed by atoms with Crippen molar-refractivity contribution in [3.05, 3.63) is 24.3 Å². The minimum atomic E-state index is -2.62. The molecule has 0 heterocycles. The topological polar surface area (TPSA) is 43.4 Å². The van der Waals surface area contributed by atoms with Gasteiger partial charge in [-0.1, -0.05) is 30.2 Å². The summed E-state index contributed by atoms with van der Waals surface area (Å²) < 4.78 is 17.8. The van der Waals surface area contributed by atoms with Gasteiger partial charge in [0.2, 0.25) is 0 Å². The average molecular weight is 282 g/mol. The van der Waals surface area contributed by atoms with Crippen molar-refractivity contribution in [3.8, 4) is 12.3 Å². The van der Waals surface area contributed by atoms with Crippen molar-refractivity contribution in [1.29, 1.82) is 0 Å². The number of terminal acetylenes is 1. The van der Waals surface area contributed by atoms with E-state index in [4.69, 9.17) is 11.2 Å². The maximum atomic E-state index is 12.7. The van der Waals surface area contributed by atoms with Crippen molar-refractivity contribution in [3.63, 3.8) is 0 Å². The molecule has 3 nitrogen and oxygen atoms in total. The molecule has 0 aliphatic carbocycles. The van der Waals surface area contributed by atoms with Gasteiger partial charge in [0.05, 0.1) is 6.16 Å². The summed E-state index contributed by atoms with van der Waals surface area (Å²) in [5.74, 6) is 1.88. The third kappa shape index (κ3) is 7.70. The molecule has 0 aromatic rings. The van der Waals surface area contributed by atoms with Crippen molar-refractivity contribution in [2.45, 2.75) is 33.3 Å². The largest absolute Gasteiger partial charge is 0.446 e. The van der Waals surface area contributed by atoms with E-state index in [-0.39, 0.29) is 6.16 Å². The Bertz CT molecular complexity index is 421. The highest BCUT2D eigenvalue weighted by atomic mass is 31.2. The lowest BCUT2D eigenvalue weighted by atomic mass is 10.1. The highest BCUT2D eigenvalue weighted by Gasteiger charge is 2.27. The van der Waals surface area contributed by atoms with Crippen LogP contribution < -0.4 is 0 Å². The molecule has 4 heteroatoms. The van der Waals surface area contributed by atoms with Crippen LogP contribution in [0.4, 0.5) is 0 Å². The average Bonchev–Trinajstić information content (AvgIpc) is 2.33. The molecule has 106 valence electrons. The Morgan fingerprint density at radius 2 is 1.74 bits per heavy atom. The molecule has 0 aromatic heterocycles. The normalized spacial score (nSPS) is 12.8. The molecule has 0 saturated carbocycles. The van der Waals surface area contributed by atoms with Gasteiger partial charge in [0.15, 0.2) is 5.60 Å². The molecule has 19 heavy (non-hydrogen) atoms. The molecule has 0 fully saturated rings. The van der Waals surface area contributed by atoms with Crippen LogP contribution in [0.5, 0.6) is 0 Å². The van der Waals surface area contributed by atoms with Gasteiger partial charge in [-0.15, -0.1) is 6.42 Å². The summed E-state index contributed by atoms with van der Waals surface area (Å²) in [4.78, 5) is 11.8. The summed E-state index contributed by atoms with van der Waals surface area (Å²) in [5.41, 5.74) is -0.955. The lowest BCUT2D eigenvalue weighted by Gasteiger charge is -2.21. The molecule has 0 atom stereocenters. The summed E-state index contributed by atoms with van der Waals surface area (Å²) >= 11 is 0. The molecular formula is C15H23O3P. The van der Waals surface area contributed by atoms with Gasteiger partial charge in [0.25, 0.3) is 0 Å². The van der Waals surface area contributed by atoms with Gasteiger partial charge in [-0.25, -0.2) is 0 Å². The highest BCUT2D eigenvalue weighted by molar-refractivity contribution is 7.65. The fraction of sp³-hybridized carbons (Fsp3) is 0.533. The first kappa shape index (κ1) is 17.7. The van der Waals surface area contributed by atoms with E-state index in [0.717, 1.165) is 0 Å². The van der Waals surface area contributed by atoms with Crippen molar-refractivity contribution in [1.82, 2.24) is 0 Å². The molecular weight excluding hydrogens is 259 g/mol. The minimum Gasteiger partial charge on any atom is -0.446 e. The van der Waals surface area contributed by atoms with Crippen molar-refractivity contribution < 1.29 is 14.1 Å². The zero-order valence-corrected chi connectivity index (χ0v) is 13.1. The van der Waals surface area contributed by atoms with E-state index in [1.807, 2.05) is 38.2 Å². The van der Waals surface area contributed by atoms with Gasteiger partial charge in [0.1, 0.15) is 7.14 Å². The summed E-state index contributed by atoms with van der Waals surface area (Å²) in [7, 11) is -2.62. The molecule has 0 radical (unpaired) electrons. The maximum Gasteiger partial charge on any atom is 0.314 e. The smallest absolute Gasteiger partial charge is 0.314 e. The van der Waals surface area contributed by atoms with Crippen molar-refractivity contribution >= 4 is 13.1 Å². The first-order valence-corrected chi connectivity index (χ1v) is 8.54. The summed E-state index contributed by atoms with van der Waals surface area (Å²) in [6.07, 6.45) is 13.3. The van der Waals surface area contributed by atoms with E-state index in [1.54, 1.807) is 13.8 Å². The summed E-state index contributed by atoms with van der Waals surface area (Å²) in [6.45, 7) is 6.99.